The molecule has 1 N–H and O–H groups in total. The van der Waals surface area contributed by atoms with Crippen molar-refractivity contribution in [3.63, 3.8) is 0 Å². The number of hydrogen-bond acceptors (Lipinski definition) is 2. The fourth-order valence-electron chi connectivity index (χ4n) is 1.81. The highest BCUT2D eigenvalue weighted by Crippen LogP contribution is 2.21. The Morgan fingerprint density at radius 2 is 1.56 bits per heavy atom. The molecule has 0 bridgehead atoms. The van der Waals surface area contributed by atoms with Crippen molar-refractivity contribution < 1.29 is 4.74 Å². The molecule has 0 aliphatic heterocycles. The van der Waals surface area contributed by atoms with E-state index in [0.717, 1.165) is 25.3 Å². The van der Waals surface area contributed by atoms with Gasteiger partial charge in [0.1, 0.15) is 5.75 Å². The molecule has 0 saturated heterocycles. The third-order valence-electron chi connectivity index (χ3n) is 2.80. The van der Waals surface area contributed by atoms with E-state index < -0.39 is 0 Å². The lowest BCUT2D eigenvalue weighted by Crippen LogP contribution is -2.11. The fraction of sp³-hybridized carbons (Fsp3) is 0.250. The third kappa shape index (κ3) is 3.60. The molecule has 0 heterocycles. The van der Waals surface area contributed by atoms with Crippen molar-refractivity contribution in [1.82, 2.24) is 5.32 Å². The van der Waals surface area contributed by atoms with Gasteiger partial charge in [0.05, 0.1) is 6.61 Å². The summed E-state index contributed by atoms with van der Waals surface area (Å²) in [4.78, 5) is 0. The van der Waals surface area contributed by atoms with Crippen LogP contribution in [0.25, 0.3) is 11.1 Å². The first-order chi connectivity index (χ1) is 8.90. The summed E-state index contributed by atoms with van der Waals surface area (Å²) < 4.78 is 5.66. The highest BCUT2D eigenvalue weighted by Gasteiger charge is 1.97. The van der Waals surface area contributed by atoms with E-state index in [2.05, 4.69) is 41.7 Å². The van der Waals surface area contributed by atoms with Gasteiger partial charge in [0.25, 0.3) is 0 Å². The number of rotatable bonds is 6. The van der Waals surface area contributed by atoms with E-state index in [1.54, 1.807) is 0 Å². The van der Waals surface area contributed by atoms with E-state index in [-0.39, 0.29) is 0 Å². The molecule has 18 heavy (non-hydrogen) atoms. The van der Waals surface area contributed by atoms with Crippen LogP contribution < -0.4 is 10.1 Å². The zero-order valence-electron chi connectivity index (χ0n) is 10.7. The Hall–Kier alpha value is -1.80. The molecule has 0 aliphatic rings. The Bertz CT molecular complexity index is 450. The van der Waals surface area contributed by atoms with Crippen LogP contribution in [-0.2, 0) is 0 Å². The van der Waals surface area contributed by atoms with Gasteiger partial charge in [0.15, 0.2) is 0 Å². The van der Waals surface area contributed by atoms with Gasteiger partial charge in [-0.2, -0.15) is 0 Å². The Morgan fingerprint density at radius 3 is 2.22 bits per heavy atom. The normalized spacial score (nSPS) is 10.3. The summed E-state index contributed by atoms with van der Waals surface area (Å²) in [5, 5.41) is 3.10. The van der Waals surface area contributed by atoms with Crippen LogP contribution in [0.2, 0.25) is 0 Å². The second kappa shape index (κ2) is 6.82. The van der Waals surface area contributed by atoms with E-state index in [4.69, 9.17) is 4.74 Å². The molecule has 0 fully saturated rings. The van der Waals surface area contributed by atoms with Crippen molar-refractivity contribution in [2.45, 2.75) is 6.42 Å². The zero-order valence-corrected chi connectivity index (χ0v) is 10.7. The minimum Gasteiger partial charge on any atom is -0.494 e. The summed E-state index contributed by atoms with van der Waals surface area (Å²) in [5.74, 6) is 0.936. The maximum atomic E-state index is 5.66. The third-order valence-corrected chi connectivity index (χ3v) is 2.80. The Balaban J connectivity index is 1.94. The molecule has 0 saturated carbocycles. The second-order valence-corrected chi connectivity index (χ2v) is 4.20. The molecule has 2 aromatic rings. The minimum atomic E-state index is 0.755. The molecule has 0 atom stereocenters. The van der Waals surface area contributed by atoms with Gasteiger partial charge in [0.2, 0.25) is 0 Å². The standard InChI is InChI=1S/C16H19NO/c1-17-12-5-13-18-16-10-8-15(9-11-16)14-6-3-2-4-7-14/h2-4,6-11,17H,5,12-13H2,1H3. The van der Waals surface area contributed by atoms with Crippen LogP contribution in [0, 0.1) is 0 Å². The Kier molecular flexibility index (Phi) is 4.79. The molecule has 0 unspecified atom stereocenters. The molecule has 0 spiro atoms. The van der Waals surface area contributed by atoms with Crippen molar-refractivity contribution in [1.29, 1.82) is 0 Å². The molecule has 2 aromatic carbocycles. The summed E-state index contributed by atoms with van der Waals surface area (Å²) >= 11 is 0. The Labute approximate surface area is 109 Å². The zero-order chi connectivity index (χ0) is 12.6. The van der Waals surface area contributed by atoms with Crippen molar-refractivity contribution in [2.24, 2.45) is 0 Å². The maximum Gasteiger partial charge on any atom is 0.119 e. The Morgan fingerprint density at radius 1 is 0.889 bits per heavy atom. The van der Waals surface area contributed by atoms with Gasteiger partial charge >= 0.3 is 0 Å². The molecule has 0 aliphatic carbocycles. The van der Waals surface area contributed by atoms with E-state index in [9.17, 15) is 0 Å². The summed E-state index contributed by atoms with van der Waals surface area (Å²) in [6.45, 7) is 1.74. The maximum absolute atomic E-state index is 5.66. The summed E-state index contributed by atoms with van der Waals surface area (Å²) in [6, 6.07) is 18.6. The van der Waals surface area contributed by atoms with Gasteiger partial charge in [-0.1, -0.05) is 42.5 Å². The first kappa shape index (κ1) is 12.7. The molecule has 0 aromatic heterocycles. The molecule has 0 radical (unpaired) electrons. The number of ether oxygens (including phenoxy) is 1. The van der Waals surface area contributed by atoms with Gasteiger partial charge in [-0.15, -0.1) is 0 Å². The van der Waals surface area contributed by atoms with Gasteiger partial charge in [-0.05, 0) is 43.3 Å². The van der Waals surface area contributed by atoms with Crippen molar-refractivity contribution in [3.05, 3.63) is 54.6 Å². The number of hydrogen-bond donors (Lipinski definition) is 1. The van der Waals surface area contributed by atoms with Crippen molar-refractivity contribution >= 4 is 0 Å². The van der Waals surface area contributed by atoms with E-state index in [1.165, 1.54) is 11.1 Å². The van der Waals surface area contributed by atoms with Crippen LogP contribution >= 0.6 is 0 Å². The lowest BCUT2D eigenvalue weighted by atomic mass is 10.1. The summed E-state index contributed by atoms with van der Waals surface area (Å²) in [5.41, 5.74) is 2.46. The first-order valence-electron chi connectivity index (χ1n) is 6.33. The fourth-order valence-corrected chi connectivity index (χ4v) is 1.81. The lowest BCUT2D eigenvalue weighted by Gasteiger charge is -2.07. The van der Waals surface area contributed by atoms with Crippen LogP contribution in [0.3, 0.4) is 0 Å². The average molecular weight is 241 g/mol. The molecule has 2 rings (SSSR count). The van der Waals surface area contributed by atoms with Crippen LogP contribution in [0.5, 0.6) is 5.75 Å². The van der Waals surface area contributed by atoms with Crippen molar-refractivity contribution in [2.75, 3.05) is 20.2 Å². The summed E-state index contributed by atoms with van der Waals surface area (Å²) in [6.07, 6.45) is 1.02. The lowest BCUT2D eigenvalue weighted by molar-refractivity contribution is 0.310. The quantitative estimate of drug-likeness (QED) is 0.783. The predicted molar refractivity (Wildman–Crippen MR) is 75.9 cm³/mol. The van der Waals surface area contributed by atoms with Gasteiger partial charge in [-0.25, -0.2) is 0 Å². The average Bonchev–Trinajstić information content (AvgIpc) is 2.45. The SMILES string of the molecule is CNCCCOc1ccc(-c2ccccc2)cc1. The minimum absolute atomic E-state index is 0.755. The molecule has 2 heteroatoms. The first-order valence-corrected chi connectivity index (χ1v) is 6.33. The van der Waals surface area contributed by atoms with Crippen LogP contribution in [0.15, 0.2) is 54.6 Å². The molecular weight excluding hydrogens is 222 g/mol. The summed E-state index contributed by atoms with van der Waals surface area (Å²) in [7, 11) is 1.95. The number of benzene rings is 2. The highest BCUT2D eigenvalue weighted by molar-refractivity contribution is 5.63. The van der Waals surface area contributed by atoms with Crippen molar-refractivity contribution in [3.8, 4) is 16.9 Å². The van der Waals surface area contributed by atoms with Gasteiger partial charge in [-0.3, -0.25) is 0 Å². The number of nitrogens with one attached hydrogen (secondary N) is 1. The molecular formula is C16H19NO. The van der Waals surface area contributed by atoms with Gasteiger partial charge in [0, 0.05) is 0 Å². The predicted octanol–water partition coefficient (Wildman–Crippen LogP) is 3.34. The van der Waals surface area contributed by atoms with Crippen LogP contribution in [-0.4, -0.2) is 20.2 Å². The molecule has 0 amide bonds. The van der Waals surface area contributed by atoms with E-state index in [1.807, 2.05) is 25.2 Å². The monoisotopic (exact) mass is 241 g/mol. The van der Waals surface area contributed by atoms with E-state index >= 15 is 0 Å². The van der Waals surface area contributed by atoms with Crippen LogP contribution in [0.4, 0.5) is 0 Å². The molecule has 94 valence electrons. The highest BCUT2D eigenvalue weighted by atomic mass is 16.5. The molecule has 2 nitrogen and oxygen atoms in total. The van der Waals surface area contributed by atoms with E-state index in [0.29, 0.717) is 0 Å². The topological polar surface area (TPSA) is 21.3 Å². The largest absolute Gasteiger partial charge is 0.494 e. The van der Waals surface area contributed by atoms with Gasteiger partial charge < -0.3 is 10.1 Å². The smallest absolute Gasteiger partial charge is 0.119 e. The van der Waals surface area contributed by atoms with Crippen LogP contribution in [0.1, 0.15) is 6.42 Å². The second-order valence-electron chi connectivity index (χ2n) is 4.20.